The molecule has 1 aliphatic heterocycles. The number of ether oxygens (including phenoxy) is 1. The minimum atomic E-state index is -0.173. The van der Waals surface area contributed by atoms with Crippen LogP contribution in [0, 0.1) is 5.82 Å². The molecule has 0 bridgehead atoms. The van der Waals surface area contributed by atoms with E-state index in [1.54, 1.807) is 23.9 Å². The summed E-state index contributed by atoms with van der Waals surface area (Å²) in [6, 6.07) is 14.8. The van der Waals surface area contributed by atoms with Crippen LogP contribution in [-0.2, 0) is 5.75 Å². The summed E-state index contributed by atoms with van der Waals surface area (Å²) in [5, 5.41) is 2.97. The molecule has 0 aliphatic carbocycles. The van der Waals surface area contributed by atoms with Crippen molar-refractivity contribution in [2.24, 2.45) is 0 Å². The third kappa shape index (κ3) is 6.03. The first kappa shape index (κ1) is 21.3. The first-order valence-corrected chi connectivity index (χ1v) is 11.1. The fraction of sp³-hybridized carbons (Fsp3) is 0.409. The van der Waals surface area contributed by atoms with Gasteiger partial charge in [-0.15, -0.1) is 0 Å². The van der Waals surface area contributed by atoms with Gasteiger partial charge in [-0.25, -0.2) is 9.18 Å². The maximum absolute atomic E-state index is 13.6. The summed E-state index contributed by atoms with van der Waals surface area (Å²) in [6.45, 7) is 6.09. The van der Waals surface area contributed by atoms with E-state index in [9.17, 15) is 9.18 Å². The van der Waals surface area contributed by atoms with Crippen molar-refractivity contribution < 1.29 is 13.9 Å². The highest BCUT2D eigenvalue weighted by molar-refractivity contribution is 7.98. The summed E-state index contributed by atoms with van der Waals surface area (Å²) < 4.78 is 19.3. The first-order chi connectivity index (χ1) is 14.2. The zero-order chi connectivity index (χ0) is 20.5. The highest BCUT2D eigenvalue weighted by Gasteiger charge is 2.22. The number of piperazine rings is 1. The van der Waals surface area contributed by atoms with Gasteiger partial charge in [0.2, 0.25) is 0 Å². The Morgan fingerprint density at radius 3 is 2.59 bits per heavy atom. The van der Waals surface area contributed by atoms with Crippen LogP contribution in [0.2, 0.25) is 0 Å². The number of thioether (sulfide) groups is 1. The van der Waals surface area contributed by atoms with Crippen molar-refractivity contribution in [3.63, 3.8) is 0 Å². The number of para-hydroxylation sites is 2. The second-order valence-corrected chi connectivity index (χ2v) is 7.86. The average Bonchev–Trinajstić information content (AvgIpc) is 2.75. The van der Waals surface area contributed by atoms with Crippen molar-refractivity contribution in [3.05, 3.63) is 59.9 Å². The topological polar surface area (TPSA) is 44.8 Å². The number of nitrogens with zero attached hydrogens (tertiary/aromatic N) is 2. The molecular formula is C22H28FN3O2S. The number of hydrogen-bond acceptors (Lipinski definition) is 4. The Kier molecular flexibility index (Phi) is 8.04. The van der Waals surface area contributed by atoms with Crippen LogP contribution in [0.25, 0.3) is 0 Å². The van der Waals surface area contributed by atoms with Crippen molar-refractivity contribution in [2.75, 3.05) is 50.0 Å². The number of hydrogen-bond donors (Lipinski definition) is 1. The van der Waals surface area contributed by atoms with Crippen molar-refractivity contribution in [1.82, 2.24) is 10.2 Å². The lowest BCUT2D eigenvalue weighted by atomic mass is 10.2. The number of anilines is 1. The Morgan fingerprint density at radius 2 is 1.83 bits per heavy atom. The van der Waals surface area contributed by atoms with Gasteiger partial charge in [0, 0.05) is 44.2 Å². The van der Waals surface area contributed by atoms with Gasteiger partial charge in [0.25, 0.3) is 0 Å². The van der Waals surface area contributed by atoms with Gasteiger partial charge in [-0.1, -0.05) is 30.3 Å². The largest absolute Gasteiger partial charge is 0.492 e. The van der Waals surface area contributed by atoms with Crippen LogP contribution in [-0.4, -0.2) is 56.0 Å². The van der Waals surface area contributed by atoms with E-state index >= 15 is 0 Å². The van der Waals surface area contributed by atoms with Gasteiger partial charge in [-0.2, -0.15) is 11.8 Å². The lowest BCUT2D eigenvalue weighted by Gasteiger charge is -2.36. The van der Waals surface area contributed by atoms with Crippen LogP contribution in [0.3, 0.4) is 0 Å². The molecule has 1 saturated heterocycles. The van der Waals surface area contributed by atoms with Crippen LogP contribution in [0.4, 0.5) is 14.9 Å². The van der Waals surface area contributed by atoms with Crippen molar-refractivity contribution in [1.29, 1.82) is 0 Å². The van der Waals surface area contributed by atoms with E-state index in [1.165, 1.54) is 6.07 Å². The maximum Gasteiger partial charge on any atom is 0.317 e. The van der Waals surface area contributed by atoms with Crippen LogP contribution in [0.15, 0.2) is 48.5 Å². The highest BCUT2D eigenvalue weighted by Crippen LogP contribution is 2.28. The normalized spacial score (nSPS) is 14.0. The monoisotopic (exact) mass is 417 g/mol. The van der Waals surface area contributed by atoms with E-state index in [-0.39, 0.29) is 11.8 Å². The zero-order valence-corrected chi connectivity index (χ0v) is 17.6. The molecule has 1 aliphatic rings. The summed E-state index contributed by atoms with van der Waals surface area (Å²) in [5.41, 5.74) is 1.78. The summed E-state index contributed by atoms with van der Waals surface area (Å²) in [7, 11) is 0. The maximum atomic E-state index is 13.6. The van der Waals surface area contributed by atoms with Gasteiger partial charge in [0.1, 0.15) is 11.6 Å². The second kappa shape index (κ2) is 11.0. The Hall–Kier alpha value is -2.41. The molecule has 0 aromatic heterocycles. The predicted molar refractivity (Wildman–Crippen MR) is 117 cm³/mol. The third-order valence-corrected chi connectivity index (χ3v) is 5.82. The molecule has 1 fully saturated rings. The second-order valence-electron chi connectivity index (χ2n) is 6.75. The quantitative estimate of drug-likeness (QED) is 0.660. The number of amides is 2. The van der Waals surface area contributed by atoms with Gasteiger partial charge in [0.15, 0.2) is 0 Å². The molecule has 0 radical (unpaired) electrons. The third-order valence-electron chi connectivity index (χ3n) is 4.81. The van der Waals surface area contributed by atoms with E-state index in [1.807, 2.05) is 36.1 Å². The molecule has 2 amide bonds. The smallest absolute Gasteiger partial charge is 0.317 e. The summed E-state index contributed by atoms with van der Waals surface area (Å²) >= 11 is 1.62. The lowest BCUT2D eigenvalue weighted by Crippen LogP contribution is -2.52. The number of nitrogens with one attached hydrogen (secondary N) is 1. The number of carbonyl (C=O) groups excluding carboxylic acids is 1. The molecule has 29 heavy (non-hydrogen) atoms. The fourth-order valence-corrected chi connectivity index (χ4v) is 4.13. The molecule has 3 rings (SSSR count). The van der Waals surface area contributed by atoms with Gasteiger partial charge in [0.05, 0.1) is 12.3 Å². The van der Waals surface area contributed by atoms with E-state index in [0.717, 1.165) is 30.3 Å². The molecule has 0 unspecified atom stereocenters. The van der Waals surface area contributed by atoms with E-state index in [2.05, 4.69) is 16.3 Å². The highest BCUT2D eigenvalue weighted by atomic mass is 32.2. The summed E-state index contributed by atoms with van der Waals surface area (Å²) in [6.07, 6.45) is 0. The van der Waals surface area contributed by atoms with E-state index in [0.29, 0.717) is 37.6 Å². The summed E-state index contributed by atoms with van der Waals surface area (Å²) in [4.78, 5) is 16.5. The average molecular weight is 418 g/mol. The lowest BCUT2D eigenvalue weighted by molar-refractivity contribution is 0.195. The van der Waals surface area contributed by atoms with Gasteiger partial charge in [-0.05, 0) is 30.7 Å². The number of halogens is 1. The molecule has 2 aromatic carbocycles. The van der Waals surface area contributed by atoms with E-state index < -0.39 is 0 Å². The fourth-order valence-electron chi connectivity index (χ4n) is 3.29. The SMILES string of the molecule is CCOc1ccccc1N1CCN(C(=O)NCCSCc2ccccc2F)CC1. The van der Waals surface area contributed by atoms with Gasteiger partial charge in [-0.3, -0.25) is 0 Å². The van der Waals surface area contributed by atoms with Gasteiger partial charge < -0.3 is 19.9 Å². The summed E-state index contributed by atoms with van der Waals surface area (Å²) in [5.74, 6) is 2.08. The number of rotatable bonds is 8. The molecular weight excluding hydrogens is 389 g/mol. The standard InChI is InChI=1S/C22H28FN3O2S/c1-2-28-21-10-6-5-9-20(21)25-12-14-26(15-13-25)22(27)24-11-16-29-17-18-7-3-4-8-19(18)23/h3-10H,2,11-17H2,1H3,(H,24,27). The number of urea groups is 1. The van der Waals surface area contributed by atoms with Crippen molar-refractivity contribution in [3.8, 4) is 5.75 Å². The molecule has 0 saturated carbocycles. The van der Waals surface area contributed by atoms with Crippen molar-refractivity contribution in [2.45, 2.75) is 12.7 Å². The Labute approximate surface area is 176 Å². The van der Waals surface area contributed by atoms with Crippen LogP contribution in [0.5, 0.6) is 5.75 Å². The van der Waals surface area contributed by atoms with Crippen LogP contribution >= 0.6 is 11.8 Å². The van der Waals surface area contributed by atoms with E-state index in [4.69, 9.17) is 4.74 Å². The molecule has 5 nitrogen and oxygen atoms in total. The first-order valence-electron chi connectivity index (χ1n) is 9.99. The zero-order valence-electron chi connectivity index (χ0n) is 16.8. The number of carbonyl (C=O) groups is 1. The molecule has 1 N–H and O–H groups in total. The van der Waals surface area contributed by atoms with Crippen LogP contribution < -0.4 is 15.0 Å². The molecule has 7 heteroatoms. The molecule has 0 spiro atoms. The van der Waals surface area contributed by atoms with Gasteiger partial charge >= 0.3 is 6.03 Å². The van der Waals surface area contributed by atoms with Crippen LogP contribution in [0.1, 0.15) is 12.5 Å². The molecule has 2 aromatic rings. The minimum absolute atomic E-state index is 0.0331. The molecule has 156 valence electrons. The Balaban J connectivity index is 1.37. The minimum Gasteiger partial charge on any atom is -0.492 e. The number of benzene rings is 2. The van der Waals surface area contributed by atoms with Crippen molar-refractivity contribution >= 4 is 23.5 Å². The Bertz CT molecular complexity index is 797. The predicted octanol–water partition coefficient (Wildman–Crippen LogP) is 3.99. The Morgan fingerprint density at radius 1 is 1.10 bits per heavy atom. The molecule has 1 heterocycles. The molecule has 0 atom stereocenters.